The molecule has 0 bridgehead atoms. The summed E-state index contributed by atoms with van der Waals surface area (Å²) in [6.45, 7) is 6.00. The van der Waals surface area contributed by atoms with Crippen molar-refractivity contribution in [2.45, 2.75) is 39.3 Å². The van der Waals surface area contributed by atoms with Crippen LogP contribution in [0.2, 0.25) is 5.02 Å². The fourth-order valence-corrected chi connectivity index (χ4v) is 5.47. The largest absolute Gasteiger partial charge is 0.417 e. The molecule has 0 radical (unpaired) electrons. The Morgan fingerprint density at radius 2 is 1.53 bits per heavy atom. The number of amides is 2. The summed E-state index contributed by atoms with van der Waals surface area (Å²) in [7, 11) is -4.22. The van der Waals surface area contributed by atoms with Crippen LogP contribution in [0.25, 0.3) is 17.2 Å². The van der Waals surface area contributed by atoms with Crippen molar-refractivity contribution in [1.29, 1.82) is 0 Å². The van der Waals surface area contributed by atoms with E-state index in [9.17, 15) is 31.2 Å². The van der Waals surface area contributed by atoms with Gasteiger partial charge in [-0.2, -0.15) is 21.6 Å². The summed E-state index contributed by atoms with van der Waals surface area (Å²) in [6, 6.07) is 23.7. The lowest BCUT2D eigenvalue weighted by atomic mass is 9.89. The average molecular weight is 713 g/mol. The molecule has 3 N–H and O–H groups in total. The van der Waals surface area contributed by atoms with Crippen molar-refractivity contribution in [3.63, 3.8) is 0 Å². The minimum Gasteiger partial charge on any atom is -0.351 e. The molecule has 258 valence electrons. The van der Waals surface area contributed by atoms with Gasteiger partial charge >= 0.3 is 6.18 Å². The Kier molecular flexibility index (Phi) is 11.7. The van der Waals surface area contributed by atoms with Gasteiger partial charge in [-0.1, -0.05) is 99.1 Å². The minimum atomic E-state index is -4.61. The van der Waals surface area contributed by atoms with E-state index in [4.69, 9.17) is 16.2 Å². The Balaban J connectivity index is 1.56. The van der Waals surface area contributed by atoms with E-state index in [0.717, 1.165) is 22.8 Å². The molecule has 0 heterocycles. The summed E-state index contributed by atoms with van der Waals surface area (Å²) in [5.41, 5.74) is 2.47. The summed E-state index contributed by atoms with van der Waals surface area (Å²) in [5, 5.41) is 5.29. The molecule has 0 aliphatic heterocycles. The first-order chi connectivity index (χ1) is 22.9. The molecule has 0 spiro atoms. The van der Waals surface area contributed by atoms with Crippen molar-refractivity contribution in [2.75, 3.05) is 17.6 Å². The number of anilines is 1. The number of halogens is 4. The number of rotatable bonds is 11. The summed E-state index contributed by atoms with van der Waals surface area (Å²) >= 11 is 5.83. The quantitative estimate of drug-likeness (QED) is 0.135. The zero-order valence-corrected chi connectivity index (χ0v) is 28.6. The smallest absolute Gasteiger partial charge is 0.351 e. The Hall–Kier alpha value is -4.45. The molecule has 49 heavy (non-hydrogen) atoms. The molecule has 0 fully saturated rings. The first-order valence-electron chi connectivity index (χ1n) is 15.3. The molecule has 4 aromatic rings. The summed E-state index contributed by atoms with van der Waals surface area (Å²) in [4.78, 5) is 26.2. The van der Waals surface area contributed by atoms with Crippen LogP contribution in [-0.2, 0) is 27.5 Å². The van der Waals surface area contributed by atoms with Gasteiger partial charge < -0.3 is 10.6 Å². The van der Waals surface area contributed by atoms with E-state index < -0.39 is 39.4 Å². The molecule has 1 atom stereocenters. The van der Waals surface area contributed by atoms with E-state index >= 15 is 0 Å². The van der Waals surface area contributed by atoms with E-state index in [1.54, 1.807) is 24.3 Å². The fourth-order valence-electron chi connectivity index (χ4n) is 4.94. The van der Waals surface area contributed by atoms with Gasteiger partial charge in [0.1, 0.15) is 0 Å². The number of hydrogen-bond donors (Lipinski definition) is 3. The molecule has 0 saturated heterocycles. The number of nitrogens with one attached hydrogen (secondary N) is 2. The average Bonchev–Trinajstić information content (AvgIpc) is 3.02. The highest BCUT2D eigenvalue weighted by Gasteiger charge is 2.34. The van der Waals surface area contributed by atoms with Crippen molar-refractivity contribution < 1.29 is 35.7 Å². The predicted octanol–water partition coefficient (Wildman–Crippen LogP) is 8.67. The zero-order valence-electron chi connectivity index (χ0n) is 27.0. The molecule has 0 aliphatic rings. The number of hydrogen-bond acceptors (Lipinski definition) is 4. The maximum atomic E-state index is 13.8. The van der Waals surface area contributed by atoms with Crippen LogP contribution in [0.1, 0.15) is 59.3 Å². The highest BCUT2D eigenvalue weighted by molar-refractivity contribution is 7.85. The maximum Gasteiger partial charge on any atom is 0.417 e. The Morgan fingerprint density at radius 3 is 2.10 bits per heavy atom. The Bertz CT molecular complexity index is 1920. The summed E-state index contributed by atoms with van der Waals surface area (Å²) in [6.07, 6.45) is -0.266. The molecule has 1 unspecified atom stereocenters. The summed E-state index contributed by atoms with van der Waals surface area (Å²) < 4.78 is 71.8. The SMILES string of the molecule is CC(C)(C)/C=C/c1ccc(C(Cc2ccc(C(=O)NCCS(=O)(=O)O)cc2)C(=O)Nc2ccc(-c3ccc(Cl)cc3C(F)(F)F)cc2)cc1. The second-order valence-electron chi connectivity index (χ2n) is 12.6. The van der Waals surface area contributed by atoms with Gasteiger partial charge in [0.2, 0.25) is 5.91 Å². The molecular weight excluding hydrogens is 677 g/mol. The molecular formula is C37H36ClF3N2O5S. The van der Waals surface area contributed by atoms with E-state index in [-0.39, 0.29) is 40.4 Å². The first kappa shape index (κ1) is 37.4. The summed E-state index contributed by atoms with van der Waals surface area (Å²) in [5.74, 6) is -2.16. The van der Waals surface area contributed by atoms with Crippen LogP contribution in [0, 0.1) is 5.41 Å². The van der Waals surface area contributed by atoms with Gasteiger partial charge in [-0.15, -0.1) is 0 Å². The molecule has 4 rings (SSSR count). The third kappa shape index (κ3) is 11.3. The third-order valence-corrected chi connectivity index (χ3v) is 8.44. The lowest BCUT2D eigenvalue weighted by Gasteiger charge is -2.19. The van der Waals surface area contributed by atoms with Crippen LogP contribution in [-0.4, -0.2) is 37.1 Å². The lowest BCUT2D eigenvalue weighted by molar-refractivity contribution is -0.137. The highest BCUT2D eigenvalue weighted by atomic mass is 35.5. The van der Waals surface area contributed by atoms with Gasteiger partial charge in [-0.25, -0.2) is 0 Å². The van der Waals surface area contributed by atoms with E-state index in [0.29, 0.717) is 11.3 Å². The number of allylic oxidation sites excluding steroid dienone is 1. The second-order valence-corrected chi connectivity index (χ2v) is 14.6. The monoisotopic (exact) mass is 712 g/mol. The Labute approximate surface area is 289 Å². The molecule has 0 aliphatic carbocycles. The van der Waals surface area contributed by atoms with Gasteiger partial charge in [0.05, 0.1) is 17.2 Å². The fraction of sp³-hybridized carbons (Fsp3) is 0.243. The van der Waals surface area contributed by atoms with Crippen molar-refractivity contribution in [1.82, 2.24) is 5.32 Å². The molecule has 0 aromatic heterocycles. The van der Waals surface area contributed by atoms with Crippen LogP contribution >= 0.6 is 11.6 Å². The molecule has 2 amide bonds. The van der Waals surface area contributed by atoms with Gasteiger partial charge in [-0.3, -0.25) is 14.1 Å². The standard InChI is InChI=1S/C37H36ClF3N2O5S/c1-36(2,3)19-18-24-4-8-27(9-5-24)32(22-25-6-10-28(11-7-25)34(44)42-20-21-49(46,47)48)35(45)43-30-15-12-26(13-16-30)31-17-14-29(38)23-33(31)37(39,40)41/h4-19,23,32H,20-22H2,1-3H3,(H,42,44)(H,43,45)(H,46,47,48)/b19-18+. The Morgan fingerprint density at radius 1 is 0.898 bits per heavy atom. The van der Waals surface area contributed by atoms with Crippen molar-refractivity contribution in [3.05, 3.63) is 130 Å². The zero-order chi connectivity index (χ0) is 36.0. The first-order valence-corrected chi connectivity index (χ1v) is 17.3. The molecule has 0 saturated carbocycles. The number of alkyl halides is 3. The van der Waals surface area contributed by atoms with Gasteiger partial charge in [0.25, 0.3) is 16.0 Å². The second kappa shape index (κ2) is 15.4. The highest BCUT2D eigenvalue weighted by Crippen LogP contribution is 2.39. The van der Waals surface area contributed by atoms with Crippen LogP contribution in [0.4, 0.5) is 18.9 Å². The normalized spacial score (nSPS) is 12.9. The van der Waals surface area contributed by atoms with Gasteiger partial charge in [0, 0.05) is 22.8 Å². The van der Waals surface area contributed by atoms with Gasteiger partial charge in [0.15, 0.2) is 0 Å². The molecule has 12 heteroatoms. The minimum absolute atomic E-state index is 0.0158. The van der Waals surface area contributed by atoms with E-state index in [1.807, 2.05) is 30.3 Å². The van der Waals surface area contributed by atoms with Crippen molar-refractivity contribution >= 4 is 45.3 Å². The van der Waals surface area contributed by atoms with Crippen LogP contribution < -0.4 is 10.6 Å². The molecule has 4 aromatic carbocycles. The van der Waals surface area contributed by atoms with Crippen LogP contribution in [0.5, 0.6) is 0 Å². The van der Waals surface area contributed by atoms with Crippen LogP contribution in [0.3, 0.4) is 0 Å². The topological polar surface area (TPSA) is 113 Å². The van der Waals surface area contributed by atoms with Crippen molar-refractivity contribution in [2.24, 2.45) is 5.41 Å². The maximum absolute atomic E-state index is 13.8. The number of carbonyl (C=O) groups is 2. The lowest BCUT2D eigenvalue weighted by Crippen LogP contribution is -2.28. The van der Waals surface area contributed by atoms with Gasteiger partial charge in [-0.05, 0) is 76.1 Å². The van der Waals surface area contributed by atoms with E-state index in [2.05, 4.69) is 37.5 Å². The number of benzene rings is 4. The van der Waals surface area contributed by atoms with Crippen molar-refractivity contribution in [3.8, 4) is 11.1 Å². The predicted molar refractivity (Wildman–Crippen MR) is 187 cm³/mol. The third-order valence-electron chi connectivity index (χ3n) is 7.48. The van der Waals surface area contributed by atoms with E-state index in [1.165, 1.54) is 36.4 Å². The number of carbonyl (C=O) groups excluding carboxylic acids is 2. The molecule has 7 nitrogen and oxygen atoms in total. The van der Waals surface area contributed by atoms with Crippen LogP contribution in [0.15, 0.2) is 97.1 Å².